The summed E-state index contributed by atoms with van der Waals surface area (Å²) in [4.78, 5) is 23.6. The van der Waals surface area contributed by atoms with Crippen LogP contribution >= 0.6 is 0 Å². The Morgan fingerprint density at radius 1 is 1.30 bits per heavy atom. The van der Waals surface area contributed by atoms with Crippen molar-refractivity contribution in [3.8, 4) is 0 Å². The summed E-state index contributed by atoms with van der Waals surface area (Å²) in [5, 5.41) is 1.20. The Morgan fingerprint density at radius 3 is 2.75 bits per heavy atom. The quantitative estimate of drug-likeness (QED) is 0.750. The molecule has 0 aliphatic rings. The third-order valence-electron chi connectivity index (χ3n) is 2.87. The molecule has 0 unspecified atom stereocenters. The summed E-state index contributed by atoms with van der Waals surface area (Å²) in [7, 11) is 0. The molecule has 1 heterocycles. The van der Waals surface area contributed by atoms with E-state index in [-0.39, 0.29) is 0 Å². The summed E-state index contributed by atoms with van der Waals surface area (Å²) in [6.07, 6.45) is 4.68. The van der Waals surface area contributed by atoms with Crippen LogP contribution in [0.2, 0.25) is 0 Å². The Labute approximate surface area is 117 Å². The van der Waals surface area contributed by atoms with Crippen molar-refractivity contribution in [2.75, 3.05) is 13.2 Å². The molecule has 106 valence electrons. The number of nitrogens with two attached hydrogens (primary N) is 1. The second kappa shape index (κ2) is 7.30. The van der Waals surface area contributed by atoms with E-state index in [1.165, 1.54) is 5.06 Å². The van der Waals surface area contributed by atoms with Crippen LogP contribution in [0.3, 0.4) is 0 Å². The Bertz CT molecular complexity index is 513. The van der Waals surface area contributed by atoms with Crippen LogP contribution in [0.25, 0.3) is 0 Å². The number of nitrogens with zero attached hydrogens (tertiary/aromatic N) is 2. The Hall–Kier alpha value is -2.34. The standard InChI is InChI=1S/C14H18N4O2/c15-14(19)18(8-6-12-4-2-1-3-5-12)20-9-7-13-10-16-11-17-13/h1-5,10-11H,6-9H2,(H2,15,19)(H,16,17). The van der Waals surface area contributed by atoms with Gasteiger partial charge in [-0.25, -0.2) is 14.8 Å². The largest absolute Gasteiger partial charge is 0.350 e. The Morgan fingerprint density at radius 2 is 2.10 bits per heavy atom. The third kappa shape index (κ3) is 4.40. The third-order valence-corrected chi connectivity index (χ3v) is 2.87. The van der Waals surface area contributed by atoms with Gasteiger partial charge < -0.3 is 10.7 Å². The number of aromatic amines is 1. The van der Waals surface area contributed by atoms with E-state index in [2.05, 4.69) is 9.97 Å². The van der Waals surface area contributed by atoms with E-state index < -0.39 is 6.03 Å². The summed E-state index contributed by atoms with van der Waals surface area (Å²) in [6, 6.07) is 9.31. The Balaban J connectivity index is 1.77. The Kier molecular flexibility index (Phi) is 5.14. The molecule has 6 heteroatoms. The van der Waals surface area contributed by atoms with Gasteiger partial charge in [-0.15, -0.1) is 0 Å². The van der Waals surface area contributed by atoms with E-state index >= 15 is 0 Å². The van der Waals surface area contributed by atoms with Gasteiger partial charge in [-0.05, 0) is 12.0 Å². The fourth-order valence-corrected chi connectivity index (χ4v) is 1.80. The summed E-state index contributed by atoms with van der Waals surface area (Å²) >= 11 is 0. The van der Waals surface area contributed by atoms with Crippen molar-refractivity contribution in [1.82, 2.24) is 15.0 Å². The zero-order valence-electron chi connectivity index (χ0n) is 11.2. The summed E-state index contributed by atoms with van der Waals surface area (Å²) < 4.78 is 0. The maximum Gasteiger partial charge on any atom is 0.338 e. The molecule has 3 N–H and O–H groups in total. The number of hydroxylamine groups is 2. The van der Waals surface area contributed by atoms with Crippen LogP contribution in [-0.2, 0) is 17.7 Å². The van der Waals surface area contributed by atoms with Gasteiger partial charge >= 0.3 is 6.03 Å². The predicted octanol–water partition coefficient (Wildman–Crippen LogP) is 1.51. The van der Waals surface area contributed by atoms with Crippen LogP contribution in [0.1, 0.15) is 11.3 Å². The van der Waals surface area contributed by atoms with E-state index in [0.29, 0.717) is 26.0 Å². The monoisotopic (exact) mass is 274 g/mol. The van der Waals surface area contributed by atoms with Crippen LogP contribution in [-0.4, -0.2) is 34.2 Å². The first-order valence-corrected chi connectivity index (χ1v) is 6.47. The number of primary amides is 1. The number of amides is 2. The first kappa shape index (κ1) is 14.1. The molecular formula is C14H18N4O2. The highest BCUT2D eigenvalue weighted by Gasteiger charge is 2.10. The molecule has 6 nitrogen and oxygen atoms in total. The molecule has 0 aliphatic carbocycles. The lowest BCUT2D eigenvalue weighted by Gasteiger charge is -2.19. The summed E-state index contributed by atoms with van der Waals surface area (Å²) in [6.45, 7) is 0.808. The van der Waals surface area contributed by atoms with Crippen molar-refractivity contribution in [1.29, 1.82) is 0 Å². The molecule has 0 aliphatic heterocycles. The number of nitrogens with one attached hydrogen (secondary N) is 1. The zero-order chi connectivity index (χ0) is 14.2. The van der Waals surface area contributed by atoms with Crippen LogP contribution in [0.5, 0.6) is 0 Å². The van der Waals surface area contributed by atoms with Gasteiger partial charge in [0.05, 0.1) is 19.5 Å². The molecule has 0 radical (unpaired) electrons. The minimum Gasteiger partial charge on any atom is -0.350 e. The van der Waals surface area contributed by atoms with E-state index in [4.69, 9.17) is 10.6 Å². The number of urea groups is 1. The number of hydrogen-bond donors (Lipinski definition) is 2. The highest BCUT2D eigenvalue weighted by Crippen LogP contribution is 2.03. The number of hydrogen-bond acceptors (Lipinski definition) is 3. The van der Waals surface area contributed by atoms with Crippen LogP contribution in [0.15, 0.2) is 42.9 Å². The van der Waals surface area contributed by atoms with Crippen LogP contribution < -0.4 is 5.73 Å². The minimum atomic E-state index is -0.578. The molecule has 0 bridgehead atoms. The molecule has 2 rings (SSSR count). The van der Waals surface area contributed by atoms with E-state index in [9.17, 15) is 4.79 Å². The van der Waals surface area contributed by atoms with Gasteiger partial charge in [-0.1, -0.05) is 30.3 Å². The molecule has 0 fully saturated rings. The lowest BCUT2D eigenvalue weighted by atomic mass is 10.1. The maximum atomic E-state index is 11.3. The van der Waals surface area contributed by atoms with Crippen molar-refractivity contribution in [2.24, 2.45) is 5.73 Å². The van der Waals surface area contributed by atoms with Crippen molar-refractivity contribution in [3.05, 3.63) is 54.1 Å². The predicted molar refractivity (Wildman–Crippen MR) is 74.7 cm³/mol. The molecule has 1 aromatic carbocycles. The molecule has 2 amide bonds. The maximum absolute atomic E-state index is 11.3. The molecular weight excluding hydrogens is 256 g/mol. The highest BCUT2D eigenvalue weighted by molar-refractivity contribution is 5.70. The number of carbonyl (C=O) groups excluding carboxylic acids is 1. The average Bonchev–Trinajstić information content (AvgIpc) is 2.96. The van der Waals surface area contributed by atoms with Gasteiger partial charge in [0.25, 0.3) is 0 Å². The number of aromatic nitrogens is 2. The van der Waals surface area contributed by atoms with E-state index in [1.807, 2.05) is 30.3 Å². The molecule has 0 atom stereocenters. The van der Waals surface area contributed by atoms with Crippen molar-refractivity contribution >= 4 is 6.03 Å². The topological polar surface area (TPSA) is 84.2 Å². The molecule has 1 aromatic heterocycles. The van der Waals surface area contributed by atoms with Crippen LogP contribution in [0, 0.1) is 0 Å². The number of H-pyrrole nitrogens is 1. The van der Waals surface area contributed by atoms with Gasteiger partial charge in [-0.2, -0.15) is 0 Å². The number of imidazole rings is 1. The first-order chi connectivity index (χ1) is 9.75. The molecule has 0 saturated carbocycles. The smallest absolute Gasteiger partial charge is 0.338 e. The lowest BCUT2D eigenvalue weighted by molar-refractivity contribution is -0.113. The summed E-state index contributed by atoms with van der Waals surface area (Å²) in [5.74, 6) is 0. The van der Waals surface area contributed by atoms with Crippen LogP contribution in [0.4, 0.5) is 4.79 Å². The van der Waals surface area contributed by atoms with Crippen molar-refractivity contribution < 1.29 is 9.63 Å². The van der Waals surface area contributed by atoms with E-state index in [0.717, 1.165) is 11.3 Å². The zero-order valence-corrected chi connectivity index (χ0v) is 11.2. The van der Waals surface area contributed by atoms with E-state index in [1.54, 1.807) is 12.5 Å². The minimum absolute atomic E-state index is 0.375. The van der Waals surface area contributed by atoms with Crippen molar-refractivity contribution in [2.45, 2.75) is 12.8 Å². The summed E-state index contributed by atoms with van der Waals surface area (Å²) in [5.41, 5.74) is 7.39. The molecule has 20 heavy (non-hydrogen) atoms. The van der Waals surface area contributed by atoms with Crippen molar-refractivity contribution in [3.63, 3.8) is 0 Å². The fourth-order valence-electron chi connectivity index (χ4n) is 1.80. The number of benzene rings is 1. The molecule has 0 saturated heterocycles. The van der Waals surface area contributed by atoms with Gasteiger partial charge in [0.1, 0.15) is 0 Å². The number of carbonyl (C=O) groups is 1. The molecule has 2 aromatic rings. The molecule has 0 spiro atoms. The normalized spacial score (nSPS) is 10.4. The number of rotatable bonds is 7. The highest BCUT2D eigenvalue weighted by atomic mass is 16.7. The second-order valence-corrected chi connectivity index (χ2v) is 4.34. The van der Waals surface area contributed by atoms with Gasteiger partial charge in [0.15, 0.2) is 0 Å². The van der Waals surface area contributed by atoms with Gasteiger partial charge in [0, 0.05) is 18.3 Å². The first-order valence-electron chi connectivity index (χ1n) is 6.47. The van der Waals surface area contributed by atoms with Gasteiger partial charge in [-0.3, -0.25) is 4.84 Å². The fraction of sp³-hybridized carbons (Fsp3) is 0.286. The average molecular weight is 274 g/mol. The second-order valence-electron chi connectivity index (χ2n) is 4.34. The lowest BCUT2D eigenvalue weighted by Crippen LogP contribution is -2.37. The SMILES string of the molecule is NC(=O)N(CCc1ccccc1)OCCc1cnc[nH]1. The van der Waals surface area contributed by atoms with Gasteiger partial charge in [0.2, 0.25) is 0 Å².